The Balaban J connectivity index is 2.23. The van der Waals surface area contributed by atoms with E-state index in [0.29, 0.717) is 10.4 Å². The third-order valence-corrected chi connectivity index (χ3v) is 6.07. The number of methoxy groups -OCH3 is 1. The number of nitrogens with zero attached hydrogens (tertiary/aromatic N) is 4. The Bertz CT molecular complexity index is 1230. The number of hydrogen-bond donors (Lipinski definition) is 1. The fourth-order valence-electron chi connectivity index (χ4n) is 3.05. The van der Waals surface area contributed by atoms with Crippen molar-refractivity contribution in [1.82, 2.24) is 23.9 Å². The first kappa shape index (κ1) is 22.0. The number of alkyl halides is 3. The highest BCUT2D eigenvalue weighted by molar-refractivity contribution is 7.18. The van der Waals surface area contributed by atoms with Crippen molar-refractivity contribution in [3.05, 3.63) is 48.1 Å². The molecule has 0 saturated heterocycles. The summed E-state index contributed by atoms with van der Waals surface area (Å²) >= 11 is 1.01. The highest BCUT2D eigenvalue weighted by Gasteiger charge is 2.29. The van der Waals surface area contributed by atoms with Crippen LogP contribution in [0, 0.1) is 6.92 Å². The molecule has 0 aliphatic rings. The molecule has 0 aliphatic heterocycles. The summed E-state index contributed by atoms with van der Waals surface area (Å²) in [4.78, 5) is 40.8. The van der Waals surface area contributed by atoms with Crippen LogP contribution in [0.15, 0.2) is 20.7 Å². The number of ether oxygens (including phenoxy) is 1. The Morgan fingerprint density at radius 3 is 2.53 bits per heavy atom. The van der Waals surface area contributed by atoms with Crippen molar-refractivity contribution in [3.8, 4) is 0 Å². The van der Waals surface area contributed by atoms with Crippen LogP contribution in [-0.2, 0) is 24.4 Å². The van der Waals surface area contributed by atoms with Crippen molar-refractivity contribution in [3.63, 3.8) is 0 Å². The van der Waals surface area contributed by atoms with Crippen LogP contribution in [0.1, 0.15) is 23.8 Å². The largest absolute Gasteiger partial charge is 0.390 e. The zero-order valence-electron chi connectivity index (χ0n) is 16.4. The molecule has 3 aromatic rings. The van der Waals surface area contributed by atoms with Gasteiger partial charge in [-0.15, -0.1) is 11.3 Å². The summed E-state index contributed by atoms with van der Waals surface area (Å²) in [5, 5.41) is 4.02. The van der Waals surface area contributed by atoms with E-state index in [0.717, 1.165) is 25.2 Å². The fourth-order valence-corrected chi connectivity index (χ4v) is 4.35. The van der Waals surface area contributed by atoms with Gasteiger partial charge in [-0.25, -0.2) is 14.3 Å². The van der Waals surface area contributed by atoms with Crippen LogP contribution < -0.4 is 16.9 Å². The maximum atomic E-state index is 13.0. The lowest BCUT2D eigenvalue weighted by Crippen LogP contribution is -2.42. The maximum absolute atomic E-state index is 13.0. The number of fused-ring (bicyclic) bond motifs is 1. The molecule has 1 N–H and O–H groups in total. The van der Waals surface area contributed by atoms with Crippen LogP contribution in [0.3, 0.4) is 0 Å². The van der Waals surface area contributed by atoms with Crippen LogP contribution >= 0.6 is 11.3 Å². The van der Waals surface area contributed by atoms with E-state index < -0.39 is 42.2 Å². The molecule has 3 heterocycles. The van der Waals surface area contributed by atoms with E-state index >= 15 is 0 Å². The number of H-pyrrole nitrogens is 1. The van der Waals surface area contributed by atoms with Gasteiger partial charge in [0, 0.05) is 18.5 Å². The zero-order valence-corrected chi connectivity index (χ0v) is 17.3. The third kappa shape index (κ3) is 4.26. The number of aromatic nitrogens is 5. The predicted molar refractivity (Wildman–Crippen MR) is 104 cm³/mol. The van der Waals surface area contributed by atoms with Crippen LogP contribution in [0.25, 0.3) is 10.2 Å². The summed E-state index contributed by atoms with van der Waals surface area (Å²) in [6, 6.07) is 0. The smallest absolute Gasteiger partial charge is 0.380 e. The van der Waals surface area contributed by atoms with Gasteiger partial charge in [-0.3, -0.25) is 18.9 Å². The van der Waals surface area contributed by atoms with E-state index in [1.165, 1.54) is 13.4 Å². The van der Waals surface area contributed by atoms with Gasteiger partial charge in [0.15, 0.2) is 0 Å². The average molecular weight is 447 g/mol. The van der Waals surface area contributed by atoms with Gasteiger partial charge in [0.2, 0.25) is 0 Å². The van der Waals surface area contributed by atoms with E-state index in [2.05, 4.69) is 10.1 Å². The molecule has 0 radical (unpaired) electrons. The second-order valence-electron chi connectivity index (χ2n) is 6.84. The monoisotopic (exact) mass is 447 g/mol. The average Bonchev–Trinajstić information content (AvgIpc) is 3.21. The molecule has 3 rings (SSSR count). The van der Waals surface area contributed by atoms with Gasteiger partial charge < -0.3 is 4.74 Å². The molecule has 13 heteroatoms. The Morgan fingerprint density at radius 2 is 1.97 bits per heavy atom. The minimum Gasteiger partial charge on any atom is -0.380 e. The molecular formula is C17H20F3N5O4S. The molecule has 0 fully saturated rings. The lowest BCUT2D eigenvalue weighted by Gasteiger charge is -2.15. The van der Waals surface area contributed by atoms with Gasteiger partial charge in [0.25, 0.3) is 5.56 Å². The highest BCUT2D eigenvalue weighted by Crippen LogP contribution is 2.29. The molecule has 0 bridgehead atoms. The summed E-state index contributed by atoms with van der Waals surface area (Å²) < 4.78 is 46.7. The number of halogens is 3. The molecule has 3 aromatic heterocycles. The van der Waals surface area contributed by atoms with Crippen LogP contribution in [-0.4, -0.2) is 43.3 Å². The van der Waals surface area contributed by atoms with Crippen LogP contribution in [0.4, 0.5) is 13.2 Å². The predicted octanol–water partition coefficient (Wildman–Crippen LogP) is 1.45. The lowest BCUT2D eigenvalue weighted by atomic mass is 10.2. The van der Waals surface area contributed by atoms with Gasteiger partial charge in [-0.1, -0.05) is 0 Å². The second-order valence-corrected chi connectivity index (χ2v) is 7.93. The van der Waals surface area contributed by atoms with Crippen LogP contribution in [0.5, 0.6) is 0 Å². The Kier molecular flexibility index (Phi) is 6.04. The van der Waals surface area contributed by atoms with Crippen molar-refractivity contribution in [2.24, 2.45) is 0 Å². The first-order chi connectivity index (χ1) is 14.0. The number of hydrogen-bond acceptors (Lipinski definition) is 6. The molecule has 30 heavy (non-hydrogen) atoms. The van der Waals surface area contributed by atoms with Gasteiger partial charge in [0.1, 0.15) is 11.2 Å². The van der Waals surface area contributed by atoms with Crippen molar-refractivity contribution in [1.29, 1.82) is 0 Å². The van der Waals surface area contributed by atoms with E-state index in [1.807, 2.05) is 0 Å². The molecule has 1 atom stereocenters. The number of rotatable bonds is 7. The topological polar surface area (TPSA) is 104 Å². The summed E-state index contributed by atoms with van der Waals surface area (Å²) in [5.74, 6) is 0. The molecule has 0 spiro atoms. The van der Waals surface area contributed by atoms with Gasteiger partial charge in [-0.05, 0) is 19.4 Å². The lowest BCUT2D eigenvalue weighted by molar-refractivity contribution is -0.136. The van der Waals surface area contributed by atoms with Gasteiger partial charge in [-0.2, -0.15) is 18.3 Å². The molecule has 0 aromatic carbocycles. The molecule has 0 amide bonds. The third-order valence-electron chi connectivity index (χ3n) is 4.77. The Hall–Kier alpha value is -2.67. The first-order valence-corrected chi connectivity index (χ1v) is 9.80. The zero-order chi connectivity index (χ0) is 22.2. The number of aromatic amines is 1. The Morgan fingerprint density at radius 1 is 1.27 bits per heavy atom. The minimum atomic E-state index is -4.47. The summed E-state index contributed by atoms with van der Waals surface area (Å²) in [6.45, 7) is 2.58. The quantitative estimate of drug-likeness (QED) is 0.591. The molecular weight excluding hydrogens is 427 g/mol. The normalized spacial score (nSPS) is 13.3. The Labute approximate surface area is 171 Å². The minimum absolute atomic E-state index is 0.0227. The molecule has 0 aliphatic carbocycles. The summed E-state index contributed by atoms with van der Waals surface area (Å²) in [5.41, 5.74) is -1.40. The van der Waals surface area contributed by atoms with E-state index in [9.17, 15) is 27.6 Å². The van der Waals surface area contributed by atoms with Crippen molar-refractivity contribution in [2.75, 3.05) is 7.11 Å². The first-order valence-electron chi connectivity index (χ1n) is 8.99. The van der Waals surface area contributed by atoms with Crippen molar-refractivity contribution in [2.45, 2.75) is 52.2 Å². The summed E-state index contributed by atoms with van der Waals surface area (Å²) in [7, 11) is 1.41. The van der Waals surface area contributed by atoms with E-state index in [4.69, 9.17) is 4.74 Å². The number of aryl methyl sites for hydroxylation is 2. The van der Waals surface area contributed by atoms with E-state index in [-0.39, 0.29) is 23.3 Å². The SMILES string of the molecule is COC(C)Cn1c(=O)c2c(C)c(Cn3nc[nH]c3=O)sc2n(CCC(F)(F)F)c1=O. The standard InChI is InChI=1S/C17H20F3N5O4S/c1-9(29-3)6-24-13(26)12-10(2)11(7-25-15(27)21-8-22-25)30-14(12)23(16(24)28)5-4-17(18,19)20/h8-9H,4-7H2,1-3H3,(H,21,22,27). The van der Waals surface area contributed by atoms with Crippen LogP contribution in [0.2, 0.25) is 0 Å². The fraction of sp³-hybridized carbons (Fsp3) is 0.529. The molecule has 1 unspecified atom stereocenters. The van der Waals surface area contributed by atoms with Crippen molar-refractivity contribution >= 4 is 21.6 Å². The molecule has 9 nitrogen and oxygen atoms in total. The summed E-state index contributed by atoms with van der Waals surface area (Å²) in [6.07, 6.45) is -4.97. The van der Waals surface area contributed by atoms with E-state index in [1.54, 1.807) is 13.8 Å². The number of nitrogens with one attached hydrogen (secondary N) is 1. The highest BCUT2D eigenvalue weighted by atomic mass is 32.1. The maximum Gasteiger partial charge on any atom is 0.390 e. The number of thiophene rings is 1. The molecule has 0 saturated carbocycles. The molecule has 164 valence electrons. The second kappa shape index (κ2) is 8.22. The van der Waals surface area contributed by atoms with Gasteiger partial charge in [0.05, 0.1) is 31.0 Å². The van der Waals surface area contributed by atoms with Crippen molar-refractivity contribution < 1.29 is 17.9 Å². The van der Waals surface area contributed by atoms with Gasteiger partial charge >= 0.3 is 17.6 Å².